The first-order valence-electron chi connectivity index (χ1n) is 8.02. The SMILES string of the molecule is CC=CC(C=Cc1ccc(OCC(OC)OC)cc1)=CC=NCC. The molecular weight excluding hydrogens is 302 g/mol. The maximum atomic E-state index is 5.62. The monoisotopic (exact) mass is 329 g/mol. The lowest BCUT2D eigenvalue weighted by atomic mass is 10.1. The molecule has 24 heavy (non-hydrogen) atoms. The Balaban J connectivity index is 2.67. The molecule has 0 N–H and O–H groups in total. The maximum Gasteiger partial charge on any atom is 0.191 e. The molecule has 130 valence electrons. The van der Waals surface area contributed by atoms with Gasteiger partial charge in [-0.1, -0.05) is 36.4 Å². The van der Waals surface area contributed by atoms with Crippen molar-refractivity contribution in [2.75, 3.05) is 27.4 Å². The first-order chi connectivity index (χ1) is 11.7. The van der Waals surface area contributed by atoms with Crippen LogP contribution in [0.15, 0.2) is 59.1 Å². The van der Waals surface area contributed by atoms with Crippen LogP contribution in [0.4, 0.5) is 0 Å². The summed E-state index contributed by atoms with van der Waals surface area (Å²) in [4.78, 5) is 4.20. The fourth-order valence-electron chi connectivity index (χ4n) is 1.87. The fraction of sp³-hybridized carbons (Fsp3) is 0.350. The Morgan fingerprint density at radius 1 is 1.12 bits per heavy atom. The number of hydrogen-bond acceptors (Lipinski definition) is 4. The number of aliphatic imine (C=N–C) groups is 1. The van der Waals surface area contributed by atoms with E-state index >= 15 is 0 Å². The zero-order valence-corrected chi connectivity index (χ0v) is 14.9. The summed E-state index contributed by atoms with van der Waals surface area (Å²) in [5.74, 6) is 0.783. The normalized spacial score (nSPS) is 13.0. The quantitative estimate of drug-likeness (QED) is 0.365. The summed E-state index contributed by atoms with van der Waals surface area (Å²) in [6.07, 6.45) is 11.6. The summed E-state index contributed by atoms with van der Waals surface area (Å²) < 4.78 is 15.8. The van der Waals surface area contributed by atoms with Gasteiger partial charge in [0.15, 0.2) is 6.29 Å². The molecule has 4 nitrogen and oxygen atoms in total. The lowest BCUT2D eigenvalue weighted by Crippen LogP contribution is -2.21. The van der Waals surface area contributed by atoms with Gasteiger partial charge in [0.2, 0.25) is 0 Å². The van der Waals surface area contributed by atoms with Crippen LogP contribution in [0.3, 0.4) is 0 Å². The standard InChI is InChI=1S/C20H27NO3/c1-5-7-17(14-15-21-6-2)8-9-18-10-12-19(13-11-18)24-16-20(22-3)23-4/h5,7-15,20H,6,16H2,1-4H3. The van der Waals surface area contributed by atoms with Crippen LogP contribution in [-0.2, 0) is 9.47 Å². The molecule has 1 aromatic rings. The maximum absolute atomic E-state index is 5.62. The summed E-state index contributed by atoms with van der Waals surface area (Å²) in [7, 11) is 3.18. The number of methoxy groups -OCH3 is 2. The second kappa shape index (κ2) is 12.3. The van der Waals surface area contributed by atoms with Crippen molar-refractivity contribution in [1.29, 1.82) is 0 Å². The molecule has 0 aliphatic heterocycles. The van der Waals surface area contributed by atoms with E-state index in [1.165, 1.54) is 0 Å². The van der Waals surface area contributed by atoms with Crippen LogP contribution in [0.1, 0.15) is 19.4 Å². The van der Waals surface area contributed by atoms with E-state index < -0.39 is 0 Å². The van der Waals surface area contributed by atoms with Crippen molar-refractivity contribution in [1.82, 2.24) is 0 Å². The van der Waals surface area contributed by atoms with Crippen molar-refractivity contribution in [3.63, 3.8) is 0 Å². The van der Waals surface area contributed by atoms with Gasteiger partial charge in [-0.3, -0.25) is 4.99 Å². The van der Waals surface area contributed by atoms with E-state index in [2.05, 4.69) is 17.1 Å². The van der Waals surface area contributed by atoms with Crippen molar-refractivity contribution in [2.45, 2.75) is 20.1 Å². The molecule has 0 amide bonds. The molecule has 0 aromatic heterocycles. The third-order valence-corrected chi connectivity index (χ3v) is 3.17. The Labute approximate surface area is 145 Å². The van der Waals surface area contributed by atoms with Crippen molar-refractivity contribution < 1.29 is 14.2 Å². The van der Waals surface area contributed by atoms with E-state index in [1.54, 1.807) is 14.2 Å². The van der Waals surface area contributed by atoms with E-state index in [4.69, 9.17) is 14.2 Å². The minimum atomic E-state index is -0.358. The molecule has 4 heteroatoms. The largest absolute Gasteiger partial charge is 0.488 e. The molecule has 0 spiro atoms. The van der Waals surface area contributed by atoms with E-state index in [1.807, 2.05) is 62.6 Å². The van der Waals surface area contributed by atoms with E-state index in [-0.39, 0.29) is 6.29 Å². The number of hydrogen-bond donors (Lipinski definition) is 0. The fourth-order valence-corrected chi connectivity index (χ4v) is 1.87. The number of allylic oxidation sites excluding steroid dienone is 5. The minimum Gasteiger partial charge on any atom is -0.488 e. The van der Waals surface area contributed by atoms with E-state index in [0.29, 0.717) is 6.61 Å². The average Bonchev–Trinajstić information content (AvgIpc) is 2.61. The van der Waals surface area contributed by atoms with Gasteiger partial charge in [-0.15, -0.1) is 0 Å². The van der Waals surface area contributed by atoms with Gasteiger partial charge in [0, 0.05) is 27.0 Å². The van der Waals surface area contributed by atoms with E-state index in [0.717, 1.165) is 23.4 Å². The smallest absolute Gasteiger partial charge is 0.191 e. The zero-order chi connectivity index (χ0) is 17.6. The molecule has 0 atom stereocenters. The van der Waals surface area contributed by atoms with Gasteiger partial charge < -0.3 is 14.2 Å². The summed E-state index contributed by atoms with van der Waals surface area (Å²) >= 11 is 0. The number of rotatable bonds is 10. The van der Waals surface area contributed by atoms with Crippen molar-refractivity contribution in [3.05, 3.63) is 59.7 Å². The predicted octanol–water partition coefficient (Wildman–Crippen LogP) is 4.29. The van der Waals surface area contributed by atoms with Crippen LogP contribution in [0.25, 0.3) is 6.08 Å². The molecule has 0 saturated carbocycles. The van der Waals surface area contributed by atoms with E-state index in [9.17, 15) is 0 Å². The van der Waals surface area contributed by atoms with Gasteiger partial charge in [0.05, 0.1) is 0 Å². The Hall–Kier alpha value is -2.17. The van der Waals surface area contributed by atoms with Gasteiger partial charge >= 0.3 is 0 Å². The highest BCUT2D eigenvalue weighted by Crippen LogP contribution is 2.15. The van der Waals surface area contributed by atoms with Gasteiger partial charge in [-0.05, 0) is 43.2 Å². The van der Waals surface area contributed by atoms with Crippen LogP contribution in [0.2, 0.25) is 0 Å². The molecule has 0 aliphatic carbocycles. The molecule has 0 aliphatic rings. The van der Waals surface area contributed by atoms with Gasteiger partial charge in [-0.25, -0.2) is 0 Å². The average molecular weight is 329 g/mol. The third-order valence-electron chi connectivity index (χ3n) is 3.17. The van der Waals surface area contributed by atoms with Crippen LogP contribution >= 0.6 is 0 Å². The van der Waals surface area contributed by atoms with Crippen molar-refractivity contribution >= 4 is 12.3 Å². The van der Waals surface area contributed by atoms with Gasteiger partial charge in [0.1, 0.15) is 12.4 Å². The van der Waals surface area contributed by atoms with Crippen LogP contribution in [0.5, 0.6) is 5.75 Å². The van der Waals surface area contributed by atoms with Crippen molar-refractivity contribution in [2.24, 2.45) is 4.99 Å². The summed E-state index contributed by atoms with van der Waals surface area (Å²) in [5, 5.41) is 0. The minimum absolute atomic E-state index is 0.354. The summed E-state index contributed by atoms with van der Waals surface area (Å²) in [5.41, 5.74) is 2.19. The molecular formula is C20H27NO3. The molecule has 0 radical (unpaired) electrons. The van der Waals surface area contributed by atoms with Crippen LogP contribution < -0.4 is 4.74 Å². The lowest BCUT2D eigenvalue weighted by molar-refractivity contribution is -0.121. The van der Waals surface area contributed by atoms with Crippen LogP contribution in [-0.4, -0.2) is 39.9 Å². The lowest BCUT2D eigenvalue weighted by Gasteiger charge is -2.14. The highest BCUT2D eigenvalue weighted by atomic mass is 16.7. The van der Waals surface area contributed by atoms with Crippen LogP contribution in [0, 0.1) is 0 Å². The molecule has 0 bridgehead atoms. The van der Waals surface area contributed by atoms with Gasteiger partial charge in [0.25, 0.3) is 0 Å². The Morgan fingerprint density at radius 3 is 2.42 bits per heavy atom. The molecule has 0 heterocycles. The Kier molecular flexibility index (Phi) is 10.2. The molecule has 0 fully saturated rings. The highest BCUT2D eigenvalue weighted by Gasteiger charge is 2.05. The first-order valence-corrected chi connectivity index (χ1v) is 8.02. The summed E-state index contributed by atoms with van der Waals surface area (Å²) in [6.45, 7) is 5.16. The van der Waals surface area contributed by atoms with Gasteiger partial charge in [-0.2, -0.15) is 0 Å². The molecule has 0 saturated heterocycles. The second-order valence-electron chi connectivity index (χ2n) is 4.93. The first kappa shape index (κ1) is 19.9. The third kappa shape index (κ3) is 7.90. The number of benzene rings is 1. The number of ether oxygens (including phenoxy) is 3. The highest BCUT2D eigenvalue weighted by molar-refractivity contribution is 5.75. The number of nitrogens with zero attached hydrogens (tertiary/aromatic N) is 1. The predicted molar refractivity (Wildman–Crippen MR) is 101 cm³/mol. The Bertz CT molecular complexity index is 567. The van der Waals surface area contributed by atoms with Crippen molar-refractivity contribution in [3.8, 4) is 5.75 Å². The molecule has 0 unspecified atom stereocenters. The summed E-state index contributed by atoms with van der Waals surface area (Å²) in [6, 6.07) is 7.88. The molecule has 1 rings (SSSR count). The topological polar surface area (TPSA) is 40.0 Å². The second-order valence-corrected chi connectivity index (χ2v) is 4.93. The zero-order valence-electron chi connectivity index (χ0n) is 14.9. The molecule has 1 aromatic carbocycles. The Morgan fingerprint density at radius 2 is 1.83 bits per heavy atom.